The molecular weight excluding hydrogens is 604 g/mol. The van der Waals surface area contributed by atoms with Gasteiger partial charge in [0.2, 0.25) is 0 Å². The standard InChI is InChI=1S/C43H36N4O2/c1-4-49-43(48)38-29-41(37-26-16-24-32-17-14-15-25-36(32)37)47(42(38)35-22-12-7-13-23-35)45-31(3)30(2)44-46-39(33-18-8-5-9-19-33)27-28-40(46)34-20-10-6-11-21-34/h5-29H,4H2,1-3H3. The molecule has 240 valence electrons. The molecule has 6 heteroatoms. The Bertz CT molecular complexity index is 2250. The van der Waals surface area contributed by atoms with Crippen LogP contribution in [0.25, 0.3) is 55.8 Å². The summed E-state index contributed by atoms with van der Waals surface area (Å²) < 4.78 is 9.45. The highest BCUT2D eigenvalue weighted by Gasteiger charge is 2.25. The van der Waals surface area contributed by atoms with Gasteiger partial charge in [-0.25, -0.2) is 14.1 Å². The molecule has 0 aliphatic carbocycles. The Balaban J connectivity index is 1.45. The second kappa shape index (κ2) is 13.8. The predicted octanol–water partition coefficient (Wildman–Crippen LogP) is 10.4. The van der Waals surface area contributed by atoms with Gasteiger partial charge in [0.25, 0.3) is 0 Å². The highest BCUT2D eigenvalue weighted by Crippen LogP contribution is 2.37. The van der Waals surface area contributed by atoms with Crippen molar-refractivity contribution in [3.8, 4) is 45.0 Å². The zero-order valence-electron chi connectivity index (χ0n) is 27.7. The maximum absolute atomic E-state index is 13.6. The molecular formula is C43H36N4O2. The average molecular weight is 641 g/mol. The van der Waals surface area contributed by atoms with Gasteiger partial charge in [-0.05, 0) is 49.7 Å². The Morgan fingerprint density at radius 2 is 1.08 bits per heavy atom. The lowest BCUT2D eigenvalue weighted by Gasteiger charge is -2.14. The lowest BCUT2D eigenvalue weighted by molar-refractivity contribution is 0.0527. The van der Waals surface area contributed by atoms with Crippen LogP contribution in [0.4, 0.5) is 0 Å². The van der Waals surface area contributed by atoms with E-state index in [0.717, 1.165) is 55.8 Å². The van der Waals surface area contributed by atoms with Gasteiger partial charge in [-0.15, -0.1) is 0 Å². The number of aromatic nitrogens is 2. The first-order valence-corrected chi connectivity index (χ1v) is 16.4. The molecule has 7 aromatic rings. The van der Waals surface area contributed by atoms with E-state index in [0.29, 0.717) is 17.0 Å². The van der Waals surface area contributed by atoms with E-state index in [4.69, 9.17) is 14.9 Å². The number of hydrogen-bond acceptors (Lipinski definition) is 4. The molecule has 0 aliphatic heterocycles. The van der Waals surface area contributed by atoms with E-state index in [2.05, 4.69) is 60.7 Å². The van der Waals surface area contributed by atoms with E-state index in [1.807, 2.05) is 121 Å². The minimum Gasteiger partial charge on any atom is -0.462 e. The first-order valence-electron chi connectivity index (χ1n) is 16.4. The summed E-state index contributed by atoms with van der Waals surface area (Å²) in [7, 11) is 0. The van der Waals surface area contributed by atoms with Crippen LogP contribution in [0.15, 0.2) is 162 Å². The Morgan fingerprint density at radius 3 is 1.67 bits per heavy atom. The van der Waals surface area contributed by atoms with Crippen molar-refractivity contribution in [1.29, 1.82) is 0 Å². The van der Waals surface area contributed by atoms with Crippen molar-refractivity contribution < 1.29 is 9.53 Å². The highest BCUT2D eigenvalue weighted by atomic mass is 16.5. The van der Waals surface area contributed by atoms with Crippen molar-refractivity contribution in [1.82, 2.24) is 9.35 Å². The van der Waals surface area contributed by atoms with Crippen LogP contribution in [-0.4, -0.2) is 33.4 Å². The highest BCUT2D eigenvalue weighted by molar-refractivity contribution is 6.40. The average Bonchev–Trinajstić information content (AvgIpc) is 3.74. The molecule has 0 radical (unpaired) electrons. The molecule has 2 aromatic heterocycles. The lowest BCUT2D eigenvalue weighted by Crippen LogP contribution is -2.13. The molecule has 6 nitrogen and oxygen atoms in total. The maximum atomic E-state index is 13.6. The largest absolute Gasteiger partial charge is 0.462 e. The zero-order chi connectivity index (χ0) is 33.7. The third-order valence-electron chi connectivity index (χ3n) is 8.60. The first kappa shape index (κ1) is 31.3. The fourth-order valence-corrected chi connectivity index (χ4v) is 6.12. The van der Waals surface area contributed by atoms with E-state index >= 15 is 0 Å². The SMILES string of the molecule is CCOC(=O)c1cc(-c2cccc3ccccc23)n(N=C(C)C(C)=Nn2c(-c3ccccc3)ccc2-c2ccccc2)c1-c1ccccc1. The summed E-state index contributed by atoms with van der Waals surface area (Å²) in [6.07, 6.45) is 0. The molecule has 0 bridgehead atoms. The van der Waals surface area contributed by atoms with Crippen LogP contribution in [0, 0.1) is 0 Å². The predicted molar refractivity (Wildman–Crippen MR) is 201 cm³/mol. The summed E-state index contributed by atoms with van der Waals surface area (Å²) in [5.41, 5.74) is 9.17. The van der Waals surface area contributed by atoms with Crippen LogP contribution in [0.2, 0.25) is 0 Å². The number of rotatable bonds is 9. The summed E-state index contributed by atoms with van der Waals surface area (Å²) in [5, 5.41) is 12.6. The molecule has 0 saturated heterocycles. The molecule has 0 amide bonds. The van der Waals surface area contributed by atoms with E-state index in [9.17, 15) is 4.79 Å². The van der Waals surface area contributed by atoms with Gasteiger partial charge in [0.05, 0.1) is 46.4 Å². The Labute approximate surface area is 286 Å². The summed E-state index contributed by atoms with van der Waals surface area (Å²) in [6, 6.07) is 50.9. The van der Waals surface area contributed by atoms with Crippen molar-refractivity contribution in [2.75, 3.05) is 6.61 Å². The van der Waals surface area contributed by atoms with Crippen LogP contribution in [-0.2, 0) is 4.74 Å². The fraction of sp³-hybridized carbons (Fsp3) is 0.0930. The second-order valence-corrected chi connectivity index (χ2v) is 11.7. The number of fused-ring (bicyclic) bond motifs is 1. The topological polar surface area (TPSA) is 60.9 Å². The molecule has 2 heterocycles. The minimum absolute atomic E-state index is 0.264. The number of benzene rings is 5. The minimum atomic E-state index is -0.396. The van der Waals surface area contributed by atoms with E-state index in [1.165, 1.54) is 0 Å². The Morgan fingerprint density at radius 1 is 0.571 bits per heavy atom. The van der Waals surface area contributed by atoms with Crippen molar-refractivity contribution in [2.24, 2.45) is 10.2 Å². The summed E-state index contributed by atoms with van der Waals surface area (Å²) >= 11 is 0. The number of carbonyl (C=O) groups excluding carboxylic acids is 1. The Hall–Kier alpha value is -6.27. The molecule has 0 atom stereocenters. The number of carbonyl (C=O) groups is 1. The number of esters is 1. The van der Waals surface area contributed by atoms with Crippen molar-refractivity contribution >= 4 is 28.2 Å². The van der Waals surface area contributed by atoms with Gasteiger partial charge in [0, 0.05) is 22.3 Å². The third-order valence-corrected chi connectivity index (χ3v) is 8.60. The molecule has 0 spiro atoms. The van der Waals surface area contributed by atoms with Crippen molar-refractivity contribution in [2.45, 2.75) is 20.8 Å². The van der Waals surface area contributed by atoms with Crippen molar-refractivity contribution in [3.63, 3.8) is 0 Å². The number of ether oxygens (including phenoxy) is 1. The third kappa shape index (κ3) is 6.24. The van der Waals surface area contributed by atoms with Crippen LogP contribution in [0.1, 0.15) is 31.1 Å². The smallest absolute Gasteiger partial charge is 0.340 e. The van der Waals surface area contributed by atoms with Crippen molar-refractivity contribution in [3.05, 3.63) is 157 Å². The van der Waals surface area contributed by atoms with Gasteiger partial charge >= 0.3 is 5.97 Å². The first-order chi connectivity index (χ1) is 24.0. The quantitative estimate of drug-likeness (QED) is 0.116. The maximum Gasteiger partial charge on any atom is 0.340 e. The molecule has 49 heavy (non-hydrogen) atoms. The number of hydrogen-bond donors (Lipinski definition) is 0. The van der Waals surface area contributed by atoms with Gasteiger partial charge in [-0.1, -0.05) is 133 Å². The molecule has 0 fully saturated rings. The normalized spacial score (nSPS) is 12.0. The second-order valence-electron chi connectivity index (χ2n) is 11.7. The number of nitrogens with zero attached hydrogens (tertiary/aromatic N) is 4. The Kier molecular flexibility index (Phi) is 8.85. The summed E-state index contributed by atoms with van der Waals surface area (Å²) in [6.45, 7) is 6.01. The van der Waals surface area contributed by atoms with Gasteiger partial charge in [-0.2, -0.15) is 10.2 Å². The van der Waals surface area contributed by atoms with Gasteiger partial charge in [0.15, 0.2) is 0 Å². The van der Waals surface area contributed by atoms with E-state index in [-0.39, 0.29) is 6.61 Å². The summed E-state index contributed by atoms with van der Waals surface area (Å²) in [4.78, 5) is 13.6. The van der Waals surface area contributed by atoms with Crippen LogP contribution < -0.4 is 0 Å². The molecule has 0 aliphatic rings. The van der Waals surface area contributed by atoms with E-state index < -0.39 is 5.97 Å². The lowest BCUT2D eigenvalue weighted by atomic mass is 10.0. The van der Waals surface area contributed by atoms with Crippen LogP contribution >= 0.6 is 0 Å². The fourth-order valence-electron chi connectivity index (χ4n) is 6.12. The molecule has 0 saturated carbocycles. The van der Waals surface area contributed by atoms with Gasteiger partial charge in [-0.3, -0.25) is 0 Å². The molecule has 7 rings (SSSR count). The van der Waals surface area contributed by atoms with Crippen LogP contribution in [0.3, 0.4) is 0 Å². The monoisotopic (exact) mass is 640 g/mol. The molecule has 0 N–H and O–H groups in total. The molecule has 0 unspecified atom stereocenters. The zero-order valence-corrected chi connectivity index (χ0v) is 27.7. The molecule has 5 aromatic carbocycles. The van der Waals surface area contributed by atoms with Crippen LogP contribution in [0.5, 0.6) is 0 Å². The van der Waals surface area contributed by atoms with Gasteiger partial charge < -0.3 is 4.74 Å². The van der Waals surface area contributed by atoms with E-state index in [1.54, 1.807) is 0 Å². The summed E-state index contributed by atoms with van der Waals surface area (Å²) in [5.74, 6) is -0.396. The van der Waals surface area contributed by atoms with Gasteiger partial charge in [0.1, 0.15) is 0 Å².